The Labute approximate surface area is 163 Å². The molecule has 8 nitrogen and oxygen atoms in total. The number of para-hydroxylation sites is 1. The second-order valence-corrected chi connectivity index (χ2v) is 7.40. The van der Waals surface area contributed by atoms with Gasteiger partial charge in [0.05, 0.1) is 18.4 Å². The van der Waals surface area contributed by atoms with E-state index >= 15 is 0 Å². The molecule has 0 aliphatic carbocycles. The lowest BCUT2D eigenvalue weighted by Crippen LogP contribution is -2.45. The van der Waals surface area contributed by atoms with E-state index in [1.807, 2.05) is 12.4 Å². The smallest absolute Gasteiger partial charge is 0.150 e. The third-order valence-electron chi connectivity index (χ3n) is 5.50. The molecule has 0 unspecified atom stereocenters. The minimum absolute atomic E-state index is 0.478. The lowest BCUT2D eigenvalue weighted by atomic mass is 10.1. The van der Waals surface area contributed by atoms with Gasteiger partial charge in [-0.1, -0.05) is 18.2 Å². The Kier molecular flexibility index (Phi) is 4.12. The molecular weight excluding hydrogens is 352 g/mol. The molecule has 2 aromatic heterocycles. The Bertz CT molecular complexity index is 1050. The summed E-state index contributed by atoms with van der Waals surface area (Å²) in [5, 5.41) is 4.45. The third-order valence-corrected chi connectivity index (χ3v) is 5.50. The summed E-state index contributed by atoms with van der Waals surface area (Å²) in [6.45, 7) is 5.21. The molecule has 5 rings (SSSR count). The number of piperazine rings is 1. The van der Waals surface area contributed by atoms with Gasteiger partial charge in [-0.15, -0.1) is 0 Å². The fourth-order valence-corrected chi connectivity index (χ4v) is 3.89. The number of benzene rings is 1. The Balaban J connectivity index is 1.56. The fourth-order valence-electron chi connectivity index (χ4n) is 3.89. The van der Waals surface area contributed by atoms with E-state index < -0.39 is 0 Å². The van der Waals surface area contributed by atoms with Crippen molar-refractivity contribution in [3.05, 3.63) is 47.9 Å². The number of aromatic nitrogens is 3. The number of aliphatic imine (C=N–C) groups is 1. The van der Waals surface area contributed by atoms with E-state index in [9.17, 15) is 0 Å². The van der Waals surface area contributed by atoms with Crippen molar-refractivity contribution < 1.29 is 0 Å². The van der Waals surface area contributed by atoms with E-state index in [-0.39, 0.29) is 0 Å². The molecule has 8 heteroatoms. The van der Waals surface area contributed by atoms with E-state index in [2.05, 4.69) is 61.0 Å². The summed E-state index contributed by atoms with van der Waals surface area (Å²) in [5.74, 6) is 2.47. The number of nitrogens with two attached hydrogens (primary N) is 1. The number of hydrogen-bond acceptors (Lipinski definition) is 7. The van der Waals surface area contributed by atoms with Crippen molar-refractivity contribution in [2.45, 2.75) is 6.54 Å². The van der Waals surface area contributed by atoms with E-state index in [0.717, 1.165) is 54.4 Å². The molecule has 1 fully saturated rings. The number of anilines is 2. The summed E-state index contributed by atoms with van der Waals surface area (Å²) in [5.41, 5.74) is 8.94. The molecule has 0 saturated carbocycles. The highest BCUT2D eigenvalue weighted by molar-refractivity contribution is 6.01. The molecule has 0 bridgehead atoms. The Morgan fingerprint density at radius 3 is 2.82 bits per heavy atom. The van der Waals surface area contributed by atoms with Gasteiger partial charge < -0.3 is 25.4 Å². The first-order valence-corrected chi connectivity index (χ1v) is 9.60. The predicted molar refractivity (Wildman–Crippen MR) is 112 cm³/mol. The van der Waals surface area contributed by atoms with Crippen LogP contribution in [0.5, 0.6) is 0 Å². The van der Waals surface area contributed by atoms with Gasteiger partial charge >= 0.3 is 0 Å². The number of amidine groups is 1. The summed E-state index contributed by atoms with van der Waals surface area (Å²) in [6.07, 6.45) is 1.83. The van der Waals surface area contributed by atoms with Gasteiger partial charge in [-0.3, -0.25) is 0 Å². The predicted octanol–water partition coefficient (Wildman–Crippen LogP) is 1.32. The highest BCUT2D eigenvalue weighted by Gasteiger charge is 2.22. The van der Waals surface area contributed by atoms with Gasteiger partial charge in [0.2, 0.25) is 0 Å². The first-order chi connectivity index (χ1) is 13.7. The van der Waals surface area contributed by atoms with E-state index in [4.69, 9.17) is 10.7 Å². The zero-order chi connectivity index (χ0) is 19.1. The highest BCUT2D eigenvalue weighted by Crippen LogP contribution is 2.27. The van der Waals surface area contributed by atoms with Crippen LogP contribution in [0.4, 0.5) is 11.6 Å². The third kappa shape index (κ3) is 2.95. The average Bonchev–Trinajstić information content (AvgIpc) is 3.12. The molecule has 0 amide bonds. The van der Waals surface area contributed by atoms with Crippen LogP contribution in [0.1, 0.15) is 11.3 Å². The highest BCUT2D eigenvalue weighted by atomic mass is 15.3. The molecule has 3 aromatic rings. The van der Waals surface area contributed by atoms with Gasteiger partial charge in [-0.05, 0) is 19.2 Å². The molecule has 28 heavy (non-hydrogen) atoms. The van der Waals surface area contributed by atoms with Crippen LogP contribution < -0.4 is 16.0 Å². The number of likely N-dealkylation sites (N-methyl/N-ethyl adjacent to an activating group) is 1. The summed E-state index contributed by atoms with van der Waals surface area (Å²) < 4.78 is 2.10. The quantitative estimate of drug-likeness (QED) is 0.717. The first kappa shape index (κ1) is 17.0. The van der Waals surface area contributed by atoms with Gasteiger partial charge in [-0.2, -0.15) is 0 Å². The van der Waals surface area contributed by atoms with Crippen LogP contribution in [0.3, 0.4) is 0 Å². The fraction of sp³-hybridized carbons (Fsp3) is 0.350. The molecule has 4 heterocycles. The zero-order valence-corrected chi connectivity index (χ0v) is 16.0. The van der Waals surface area contributed by atoms with Gasteiger partial charge in [0, 0.05) is 37.1 Å². The second kappa shape index (κ2) is 6.79. The first-order valence-electron chi connectivity index (χ1n) is 9.60. The summed E-state index contributed by atoms with van der Waals surface area (Å²) in [7, 11) is 2.17. The summed E-state index contributed by atoms with van der Waals surface area (Å²) in [4.78, 5) is 18.5. The van der Waals surface area contributed by atoms with Crippen molar-refractivity contribution >= 4 is 28.4 Å². The number of pyridine rings is 1. The van der Waals surface area contributed by atoms with Crippen LogP contribution >= 0.6 is 0 Å². The molecule has 0 radical (unpaired) electrons. The van der Waals surface area contributed by atoms with Crippen LogP contribution in [0.2, 0.25) is 0 Å². The SMILES string of the molecule is CN1CCN(c2nc3ccccc3cc2Cn2cnc3c2NCN=C3N)CC1. The molecule has 144 valence electrons. The second-order valence-electron chi connectivity index (χ2n) is 7.40. The standard InChI is InChI=1S/C20H24N8/c1-26-6-8-27(9-7-26)19-15(10-14-4-2-3-5-16(14)25-19)11-28-13-24-17-18(21)22-12-23-20(17)28/h2-5,10,13,23H,6-9,11-12H2,1H3,(H2,21,22). The van der Waals surface area contributed by atoms with E-state index in [1.54, 1.807) is 0 Å². The molecule has 1 saturated heterocycles. The maximum atomic E-state index is 6.00. The number of imidazole rings is 1. The van der Waals surface area contributed by atoms with Crippen LogP contribution in [0.15, 0.2) is 41.7 Å². The van der Waals surface area contributed by atoms with Gasteiger partial charge in [0.25, 0.3) is 0 Å². The van der Waals surface area contributed by atoms with Crippen molar-refractivity contribution in [2.75, 3.05) is 50.1 Å². The van der Waals surface area contributed by atoms with Crippen molar-refractivity contribution in [2.24, 2.45) is 10.7 Å². The van der Waals surface area contributed by atoms with Gasteiger partial charge in [-0.25, -0.2) is 15.0 Å². The maximum Gasteiger partial charge on any atom is 0.150 e. The Morgan fingerprint density at radius 1 is 1.14 bits per heavy atom. The number of hydrogen-bond donors (Lipinski definition) is 2. The van der Waals surface area contributed by atoms with Crippen LogP contribution in [-0.4, -0.2) is 65.2 Å². The molecule has 0 spiro atoms. The van der Waals surface area contributed by atoms with Crippen molar-refractivity contribution in [3.63, 3.8) is 0 Å². The molecule has 2 aliphatic heterocycles. The van der Waals surface area contributed by atoms with Gasteiger partial charge in [0.1, 0.15) is 29.8 Å². The Hall–Kier alpha value is -3.13. The lowest BCUT2D eigenvalue weighted by Gasteiger charge is -2.34. The lowest BCUT2D eigenvalue weighted by molar-refractivity contribution is 0.312. The van der Waals surface area contributed by atoms with E-state index in [1.165, 1.54) is 5.56 Å². The number of rotatable bonds is 3. The topological polar surface area (TPSA) is 87.6 Å². The molecule has 2 aliphatic rings. The van der Waals surface area contributed by atoms with Crippen LogP contribution in [0.25, 0.3) is 10.9 Å². The molecule has 3 N–H and O–H groups in total. The van der Waals surface area contributed by atoms with Crippen molar-refractivity contribution in [1.82, 2.24) is 19.4 Å². The number of fused-ring (bicyclic) bond motifs is 2. The minimum atomic E-state index is 0.478. The number of nitrogens with one attached hydrogen (secondary N) is 1. The monoisotopic (exact) mass is 376 g/mol. The van der Waals surface area contributed by atoms with Crippen molar-refractivity contribution in [1.29, 1.82) is 0 Å². The molecule has 1 aromatic carbocycles. The maximum absolute atomic E-state index is 6.00. The van der Waals surface area contributed by atoms with E-state index in [0.29, 0.717) is 19.0 Å². The van der Waals surface area contributed by atoms with Crippen LogP contribution in [0, 0.1) is 0 Å². The average molecular weight is 376 g/mol. The summed E-state index contributed by atoms with van der Waals surface area (Å²) >= 11 is 0. The number of nitrogens with zero attached hydrogens (tertiary/aromatic N) is 6. The summed E-state index contributed by atoms with van der Waals surface area (Å²) in [6, 6.07) is 10.5. The largest absolute Gasteiger partial charge is 0.382 e. The van der Waals surface area contributed by atoms with Crippen LogP contribution in [-0.2, 0) is 6.54 Å². The normalized spacial score (nSPS) is 17.3. The minimum Gasteiger partial charge on any atom is -0.382 e. The zero-order valence-electron chi connectivity index (χ0n) is 16.0. The molecular formula is C20H24N8. The Morgan fingerprint density at radius 2 is 1.96 bits per heavy atom. The van der Waals surface area contributed by atoms with Gasteiger partial charge in [0.15, 0.2) is 0 Å². The van der Waals surface area contributed by atoms with Crippen molar-refractivity contribution in [3.8, 4) is 0 Å². The molecule has 0 atom stereocenters.